The Labute approximate surface area is 163 Å². The molecule has 1 fully saturated rings. The minimum Gasteiger partial charge on any atom is -0.378 e. The number of nitrogens with one attached hydrogen (secondary N) is 1. The largest absolute Gasteiger partial charge is 0.378 e. The van der Waals surface area contributed by atoms with Gasteiger partial charge in [0.1, 0.15) is 0 Å². The fourth-order valence-electron chi connectivity index (χ4n) is 2.89. The summed E-state index contributed by atoms with van der Waals surface area (Å²) in [6, 6.07) is 15.1. The van der Waals surface area contributed by atoms with Gasteiger partial charge in [0.2, 0.25) is 10.0 Å². The van der Waals surface area contributed by atoms with E-state index in [4.69, 9.17) is 4.74 Å². The summed E-state index contributed by atoms with van der Waals surface area (Å²) < 4.78 is 33.4. The number of nitrogens with zero attached hydrogens (tertiary/aromatic N) is 1. The Morgan fingerprint density at radius 1 is 1.00 bits per heavy atom. The Morgan fingerprint density at radius 2 is 1.65 bits per heavy atom. The SMILES string of the molecule is O=S(=O)(NCCCc1ccc(N2CCOCC2)cc1)c1ccc(Br)cc1. The Hall–Kier alpha value is -1.41. The third kappa shape index (κ3) is 5.30. The van der Waals surface area contributed by atoms with Crippen LogP contribution in [0.1, 0.15) is 12.0 Å². The number of hydrogen-bond acceptors (Lipinski definition) is 4. The van der Waals surface area contributed by atoms with Gasteiger partial charge in [0, 0.05) is 29.8 Å². The first kappa shape index (κ1) is 19.4. The Balaban J connectivity index is 1.46. The number of aryl methyl sites for hydroxylation is 1. The van der Waals surface area contributed by atoms with Crippen molar-refractivity contribution >= 4 is 31.6 Å². The molecule has 1 aliphatic rings. The molecule has 5 nitrogen and oxygen atoms in total. The van der Waals surface area contributed by atoms with Gasteiger partial charge >= 0.3 is 0 Å². The third-order valence-electron chi connectivity index (χ3n) is 4.37. The summed E-state index contributed by atoms with van der Waals surface area (Å²) in [4.78, 5) is 2.61. The van der Waals surface area contributed by atoms with Crippen molar-refractivity contribution in [2.24, 2.45) is 0 Å². The average Bonchev–Trinajstić information content (AvgIpc) is 2.67. The van der Waals surface area contributed by atoms with E-state index in [-0.39, 0.29) is 4.90 Å². The second-order valence-corrected chi connectivity index (χ2v) is 8.90. The summed E-state index contributed by atoms with van der Waals surface area (Å²) in [6.45, 7) is 3.83. The number of sulfonamides is 1. The lowest BCUT2D eigenvalue weighted by Gasteiger charge is -2.28. The molecule has 140 valence electrons. The van der Waals surface area contributed by atoms with Crippen LogP contribution in [0, 0.1) is 0 Å². The molecule has 0 aliphatic carbocycles. The van der Waals surface area contributed by atoms with Crippen LogP contribution in [0.15, 0.2) is 57.9 Å². The van der Waals surface area contributed by atoms with E-state index in [1.807, 2.05) is 0 Å². The Bertz CT molecular complexity index is 802. The summed E-state index contributed by atoms with van der Waals surface area (Å²) in [5.74, 6) is 0. The molecule has 0 bridgehead atoms. The summed E-state index contributed by atoms with van der Waals surface area (Å²) in [5.41, 5.74) is 2.43. The fourth-order valence-corrected chi connectivity index (χ4v) is 4.23. The number of morpholine rings is 1. The molecule has 0 atom stereocenters. The lowest BCUT2D eigenvalue weighted by Crippen LogP contribution is -2.36. The Kier molecular flexibility index (Phi) is 6.69. The molecule has 26 heavy (non-hydrogen) atoms. The number of halogens is 1. The van der Waals surface area contributed by atoms with E-state index in [9.17, 15) is 8.42 Å². The highest BCUT2D eigenvalue weighted by Crippen LogP contribution is 2.18. The van der Waals surface area contributed by atoms with Crippen molar-refractivity contribution in [1.82, 2.24) is 4.72 Å². The molecular formula is C19H23BrN2O3S. The van der Waals surface area contributed by atoms with Gasteiger partial charge in [0.25, 0.3) is 0 Å². The molecule has 2 aromatic carbocycles. The maximum Gasteiger partial charge on any atom is 0.240 e. The van der Waals surface area contributed by atoms with Crippen molar-refractivity contribution in [1.29, 1.82) is 0 Å². The van der Waals surface area contributed by atoms with E-state index < -0.39 is 10.0 Å². The van der Waals surface area contributed by atoms with Crippen LogP contribution in [0.25, 0.3) is 0 Å². The Morgan fingerprint density at radius 3 is 2.31 bits per heavy atom. The molecule has 0 aromatic heterocycles. The predicted molar refractivity (Wildman–Crippen MR) is 107 cm³/mol. The second-order valence-electron chi connectivity index (χ2n) is 6.22. The van der Waals surface area contributed by atoms with Crippen LogP contribution >= 0.6 is 15.9 Å². The highest BCUT2D eigenvalue weighted by molar-refractivity contribution is 9.10. The number of benzene rings is 2. The van der Waals surface area contributed by atoms with Crippen molar-refractivity contribution in [3.8, 4) is 0 Å². The summed E-state index contributed by atoms with van der Waals surface area (Å²) in [6.07, 6.45) is 1.60. The molecule has 0 radical (unpaired) electrons. The van der Waals surface area contributed by atoms with Crippen molar-refractivity contribution in [2.75, 3.05) is 37.7 Å². The molecule has 0 spiro atoms. The maximum absolute atomic E-state index is 12.2. The standard InChI is InChI=1S/C19H23BrN2O3S/c20-17-5-9-19(10-6-17)26(23,24)21-11-1-2-16-3-7-18(8-4-16)22-12-14-25-15-13-22/h3-10,21H,1-2,11-15H2. The number of anilines is 1. The van der Waals surface area contributed by atoms with Gasteiger partial charge in [-0.3, -0.25) is 0 Å². The molecule has 1 heterocycles. The van der Waals surface area contributed by atoms with Gasteiger partial charge in [-0.2, -0.15) is 0 Å². The van der Waals surface area contributed by atoms with Crippen LogP contribution in [0.3, 0.4) is 0 Å². The zero-order chi connectivity index (χ0) is 18.4. The molecule has 3 rings (SSSR count). The quantitative estimate of drug-likeness (QED) is 0.674. The van der Waals surface area contributed by atoms with E-state index in [1.165, 1.54) is 11.3 Å². The molecule has 0 saturated carbocycles. The maximum atomic E-state index is 12.2. The minimum absolute atomic E-state index is 0.288. The van der Waals surface area contributed by atoms with Gasteiger partial charge < -0.3 is 9.64 Å². The topological polar surface area (TPSA) is 58.6 Å². The molecule has 1 aliphatic heterocycles. The number of hydrogen-bond donors (Lipinski definition) is 1. The predicted octanol–water partition coefficient (Wildman–Crippen LogP) is 3.20. The van der Waals surface area contributed by atoms with Crippen molar-refractivity contribution in [2.45, 2.75) is 17.7 Å². The molecular weight excluding hydrogens is 416 g/mol. The van der Waals surface area contributed by atoms with Crippen molar-refractivity contribution < 1.29 is 13.2 Å². The zero-order valence-electron chi connectivity index (χ0n) is 14.5. The van der Waals surface area contributed by atoms with E-state index in [0.29, 0.717) is 6.54 Å². The molecule has 2 aromatic rings. The van der Waals surface area contributed by atoms with Crippen LogP contribution in [0.4, 0.5) is 5.69 Å². The highest BCUT2D eigenvalue weighted by Gasteiger charge is 2.13. The van der Waals surface area contributed by atoms with Crippen LogP contribution in [-0.2, 0) is 21.2 Å². The summed E-state index contributed by atoms with van der Waals surface area (Å²) >= 11 is 3.31. The van der Waals surface area contributed by atoms with E-state index in [1.54, 1.807) is 24.3 Å². The highest BCUT2D eigenvalue weighted by atomic mass is 79.9. The molecule has 1 N–H and O–H groups in total. The fraction of sp³-hybridized carbons (Fsp3) is 0.368. The lowest BCUT2D eigenvalue weighted by atomic mass is 10.1. The third-order valence-corrected chi connectivity index (χ3v) is 6.38. The minimum atomic E-state index is -3.44. The first-order chi connectivity index (χ1) is 12.5. The van der Waals surface area contributed by atoms with Gasteiger partial charge in [-0.15, -0.1) is 0 Å². The molecule has 7 heteroatoms. The average molecular weight is 439 g/mol. The van der Waals surface area contributed by atoms with Gasteiger partial charge in [0.05, 0.1) is 18.1 Å². The van der Waals surface area contributed by atoms with E-state index >= 15 is 0 Å². The molecule has 0 amide bonds. The second kappa shape index (κ2) is 8.99. The first-order valence-electron chi connectivity index (χ1n) is 8.71. The first-order valence-corrected chi connectivity index (χ1v) is 11.0. The van der Waals surface area contributed by atoms with E-state index in [0.717, 1.165) is 43.6 Å². The van der Waals surface area contributed by atoms with Gasteiger partial charge in [-0.05, 0) is 54.8 Å². The summed E-state index contributed by atoms with van der Waals surface area (Å²) in [5, 5.41) is 0. The van der Waals surface area contributed by atoms with Gasteiger partial charge in [-0.1, -0.05) is 28.1 Å². The number of ether oxygens (including phenoxy) is 1. The van der Waals surface area contributed by atoms with Gasteiger partial charge in [0.15, 0.2) is 0 Å². The molecule has 1 saturated heterocycles. The van der Waals surface area contributed by atoms with Crippen molar-refractivity contribution in [3.05, 3.63) is 58.6 Å². The summed E-state index contributed by atoms with van der Waals surface area (Å²) in [7, 11) is -3.44. The molecule has 0 unspecified atom stereocenters. The zero-order valence-corrected chi connectivity index (χ0v) is 16.9. The lowest BCUT2D eigenvalue weighted by molar-refractivity contribution is 0.122. The van der Waals surface area contributed by atoms with Crippen molar-refractivity contribution in [3.63, 3.8) is 0 Å². The van der Waals surface area contributed by atoms with Crippen LogP contribution < -0.4 is 9.62 Å². The van der Waals surface area contributed by atoms with Crippen LogP contribution in [0.5, 0.6) is 0 Å². The number of rotatable bonds is 7. The van der Waals surface area contributed by atoms with Gasteiger partial charge in [-0.25, -0.2) is 13.1 Å². The monoisotopic (exact) mass is 438 g/mol. The van der Waals surface area contributed by atoms with Crippen LogP contribution in [0.2, 0.25) is 0 Å². The van der Waals surface area contributed by atoms with E-state index in [2.05, 4.69) is 49.8 Å². The smallest absolute Gasteiger partial charge is 0.240 e. The normalized spacial score (nSPS) is 15.2. The van der Waals surface area contributed by atoms with Crippen LogP contribution in [-0.4, -0.2) is 41.3 Å².